The van der Waals surface area contributed by atoms with E-state index in [-0.39, 0.29) is 5.25 Å². The van der Waals surface area contributed by atoms with Crippen LogP contribution in [0, 0.1) is 5.92 Å². The van der Waals surface area contributed by atoms with E-state index in [1.54, 1.807) is 0 Å². The number of hydrogen-bond acceptors (Lipinski definition) is 3. The van der Waals surface area contributed by atoms with Gasteiger partial charge < -0.3 is 10.2 Å². The predicted molar refractivity (Wildman–Crippen MR) is 75.8 cm³/mol. The number of amides is 1. The summed E-state index contributed by atoms with van der Waals surface area (Å²) in [5, 5.41) is 3.74. The molecule has 0 bridgehead atoms. The molecule has 18 heavy (non-hydrogen) atoms. The lowest BCUT2D eigenvalue weighted by molar-refractivity contribution is -0.132. The summed E-state index contributed by atoms with van der Waals surface area (Å²) in [5.74, 6) is 2.32. The van der Waals surface area contributed by atoms with E-state index in [1.165, 1.54) is 37.9 Å². The second-order valence-corrected chi connectivity index (χ2v) is 7.25. The molecular formula is C14H24N2OS. The first kappa shape index (κ1) is 12.8. The highest BCUT2D eigenvalue weighted by molar-refractivity contribution is 8.00. The standard InChI is InChI=1S/C14H24N2OS/c17-14(13-4-2-8-18-13)16(12-5-6-12)10-11-3-1-7-15-9-11/h11-13,15H,1-10H2. The van der Waals surface area contributed by atoms with Crippen molar-refractivity contribution in [3.05, 3.63) is 0 Å². The molecular weight excluding hydrogens is 244 g/mol. The molecule has 2 heterocycles. The van der Waals surface area contributed by atoms with Crippen LogP contribution in [0.2, 0.25) is 0 Å². The number of nitrogens with zero attached hydrogens (tertiary/aromatic N) is 1. The molecule has 0 aromatic rings. The van der Waals surface area contributed by atoms with Gasteiger partial charge in [-0.15, -0.1) is 11.8 Å². The molecule has 3 nitrogen and oxygen atoms in total. The van der Waals surface area contributed by atoms with Crippen LogP contribution < -0.4 is 5.32 Å². The second kappa shape index (κ2) is 5.83. The summed E-state index contributed by atoms with van der Waals surface area (Å²) in [6.45, 7) is 3.27. The minimum atomic E-state index is 0.280. The van der Waals surface area contributed by atoms with Gasteiger partial charge in [-0.2, -0.15) is 0 Å². The van der Waals surface area contributed by atoms with Crippen molar-refractivity contribution < 1.29 is 4.79 Å². The molecule has 3 fully saturated rings. The lowest BCUT2D eigenvalue weighted by Gasteiger charge is -2.31. The average molecular weight is 268 g/mol. The lowest BCUT2D eigenvalue weighted by atomic mass is 9.98. The van der Waals surface area contributed by atoms with E-state index in [4.69, 9.17) is 0 Å². The fourth-order valence-corrected chi connectivity index (χ4v) is 4.35. The van der Waals surface area contributed by atoms with Crippen molar-refractivity contribution in [3.8, 4) is 0 Å². The first-order chi connectivity index (χ1) is 8.84. The normalized spacial score (nSPS) is 32.4. The van der Waals surface area contributed by atoms with Crippen LogP contribution in [0.25, 0.3) is 0 Å². The highest BCUT2D eigenvalue weighted by Gasteiger charge is 2.38. The van der Waals surface area contributed by atoms with E-state index in [0.717, 1.165) is 26.1 Å². The molecule has 1 saturated carbocycles. The van der Waals surface area contributed by atoms with Crippen molar-refractivity contribution in [1.29, 1.82) is 0 Å². The maximum Gasteiger partial charge on any atom is 0.235 e. The van der Waals surface area contributed by atoms with Crippen molar-refractivity contribution in [3.63, 3.8) is 0 Å². The second-order valence-electron chi connectivity index (χ2n) is 5.94. The molecule has 2 unspecified atom stereocenters. The van der Waals surface area contributed by atoms with Gasteiger partial charge in [0.1, 0.15) is 0 Å². The minimum absolute atomic E-state index is 0.280. The van der Waals surface area contributed by atoms with E-state index in [2.05, 4.69) is 10.2 Å². The van der Waals surface area contributed by atoms with Crippen LogP contribution in [0.5, 0.6) is 0 Å². The first-order valence-corrected chi connectivity index (χ1v) is 8.52. The molecule has 0 spiro atoms. The molecule has 0 radical (unpaired) electrons. The lowest BCUT2D eigenvalue weighted by Crippen LogP contribution is -2.44. The van der Waals surface area contributed by atoms with Crippen LogP contribution in [-0.2, 0) is 4.79 Å². The van der Waals surface area contributed by atoms with E-state index < -0.39 is 0 Å². The summed E-state index contributed by atoms with van der Waals surface area (Å²) in [7, 11) is 0. The maximum atomic E-state index is 12.6. The summed E-state index contributed by atoms with van der Waals surface area (Å²) in [6.07, 6.45) is 7.38. The van der Waals surface area contributed by atoms with Crippen molar-refractivity contribution in [2.45, 2.75) is 49.8 Å². The van der Waals surface area contributed by atoms with Crippen LogP contribution in [0.3, 0.4) is 0 Å². The number of carbonyl (C=O) groups excluding carboxylic acids is 1. The topological polar surface area (TPSA) is 32.3 Å². The Balaban J connectivity index is 1.58. The van der Waals surface area contributed by atoms with Gasteiger partial charge in [0, 0.05) is 12.6 Å². The largest absolute Gasteiger partial charge is 0.338 e. The average Bonchev–Trinajstić information content (AvgIpc) is 3.10. The zero-order valence-corrected chi connectivity index (χ0v) is 11.9. The smallest absolute Gasteiger partial charge is 0.235 e. The maximum absolute atomic E-state index is 12.6. The Morgan fingerprint density at radius 3 is 2.72 bits per heavy atom. The van der Waals surface area contributed by atoms with E-state index in [1.807, 2.05) is 11.8 Å². The zero-order valence-electron chi connectivity index (χ0n) is 11.1. The molecule has 2 atom stereocenters. The highest BCUT2D eigenvalue weighted by atomic mass is 32.2. The van der Waals surface area contributed by atoms with Gasteiger partial charge in [-0.05, 0) is 63.3 Å². The van der Waals surface area contributed by atoms with Crippen LogP contribution in [0.15, 0.2) is 0 Å². The molecule has 3 aliphatic rings. The molecule has 1 amide bonds. The summed E-state index contributed by atoms with van der Waals surface area (Å²) in [5.41, 5.74) is 0. The van der Waals surface area contributed by atoms with Crippen molar-refractivity contribution in [2.75, 3.05) is 25.4 Å². The molecule has 3 rings (SSSR count). The first-order valence-electron chi connectivity index (χ1n) is 7.47. The van der Waals surface area contributed by atoms with Gasteiger partial charge >= 0.3 is 0 Å². The number of piperidine rings is 1. The van der Waals surface area contributed by atoms with Crippen molar-refractivity contribution in [1.82, 2.24) is 10.2 Å². The SMILES string of the molecule is O=C(C1CCCS1)N(CC1CCCNC1)C1CC1. The summed E-state index contributed by atoms with van der Waals surface area (Å²) >= 11 is 1.88. The molecule has 0 aromatic carbocycles. The van der Waals surface area contributed by atoms with E-state index >= 15 is 0 Å². The number of thioether (sulfide) groups is 1. The Morgan fingerprint density at radius 1 is 1.22 bits per heavy atom. The third-order valence-electron chi connectivity index (χ3n) is 4.33. The fourth-order valence-electron chi connectivity index (χ4n) is 3.12. The summed E-state index contributed by atoms with van der Waals surface area (Å²) in [4.78, 5) is 14.8. The molecule has 1 aliphatic carbocycles. The fraction of sp³-hybridized carbons (Fsp3) is 0.929. The van der Waals surface area contributed by atoms with Crippen LogP contribution in [0.4, 0.5) is 0 Å². The van der Waals surface area contributed by atoms with Gasteiger partial charge in [-0.25, -0.2) is 0 Å². The summed E-state index contributed by atoms with van der Waals surface area (Å²) < 4.78 is 0. The van der Waals surface area contributed by atoms with Gasteiger partial charge in [0.05, 0.1) is 5.25 Å². The van der Waals surface area contributed by atoms with Crippen molar-refractivity contribution in [2.24, 2.45) is 5.92 Å². The van der Waals surface area contributed by atoms with E-state index in [0.29, 0.717) is 17.9 Å². The van der Waals surface area contributed by atoms with Gasteiger partial charge in [0.15, 0.2) is 0 Å². The Morgan fingerprint density at radius 2 is 2.11 bits per heavy atom. The number of carbonyl (C=O) groups is 1. The Labute approximate surface area is 114 Å². The Hall–Kier alpha value is -0.220. The number of hydrogen-bond donors (Lipinski definition) is 1. The van der Waals surface area contributed by atoms with Gasteiger partial charge in [-0.3, -0.25) is 4.79 Å². The third kappa shape index (κ3) is 3.02. The van der Waals surface area contributed by atoms with Crippen LogP contribution in [-0.4, -0.2) is 47.5 Å². The van der Waals surface area contributed by atoms with Gasteiger partial charge in [-0.1, -0.05) is 0 Å². The minimum Gasteiger partial charge on any atom is -0.338 e. The molecule has 1 N–H and O–H groups in total. The monoisotopic (exact) mass is 268 g/mol. The predicted octanol–water partition coefficient (Wildman–Crippen LogP) is 1.87. The van der Waals surface area contributed by atoms with E-state index in [9.17, 15) is 4.79 Å². The molecule has 4 heteroatoms. The van der Waals surface area contributed by atoms with Crippen LogP contribution in [0.1, 0.15) is 38.5 Å². The number of rotatable bonds is 4. The van der Waals surface area contributed by atoms with Crippen LogP contribution >= 0.6 is 11.8 Å². The van der Waals surface area contributed by atoms with Gasteiger partial charge in [0.2, 0.25) is 5.91 Å². The molecule has 2 saturated heterocycles. The Bertz CT molecular complexity index is 294. The summed E-state index contributed by atoms with van der Waals surface area (Å²) in [6, 6.07) is 0.584. The van der Waals surface area contributed by atoms with Gasteiger partial charge in [0.25, 0.3) is 0 Å². The Kier molecular flexibility index (Phi) is 4.14. The quantitative estimate of drug-likeness (QED) is 0.845. The third-order valence-corrected chi connectivity index (χ3v) is 5.69. The molecule has 0 aromatic heterocycles. The number of nitrogens with one attached hydrogen (secondary N) is 1. The molecule has 102 valence electrons. The zero-order chi connectivity index (χ0) is 12.4. The highest BCUT2D eigenvalue weighted by Crippen LogP contribution is 2.34. The molecule has 2 aliphatic heterocycles. The van der Waals surface area contributed by atoms with Crippen molar-refractivity contribution >= 4 is 17.7 Å².